The van der Waals surface area contributed by atoms with Gasteiger partial charge >= 0.3 is 5.69 Å². The molecule has 0 unspecified atom stereocenters. The highest BCUT2D eigenvalue weighted by molar-refractivity contribution is 5.75. The number of rotatable bonds is 6. The minimum Gasteiger partial charge on any atom is -0.394 e. The van der Waals surface area contributed by atoms with Crippen LogP contribution in [0.5, 0.6) is 0 Å². The molecule has 3 rings (SSSR count). The molecule has 132 valence electrons. The van der Waals surface area contributed by atoms with E-state index in [2.05, 4.69) is 9.97 Å². The van der Waals surface area contributed by atoms with Crippen molar-refractivity contribution in [2.24, 2.45) is 5.73 Å². The molecule has 0 aliphatic carbocycles. The van der Waals surface area contributed by atoms with Crippen LogP contribution in [0, 0.1) is 0 Å². The summed E-state index contributed by atoms with van der Waals surface area (Å²) < 4.78 is 11.8. The molecule has 1 fully saturated rings. The second-order valence-electron chi connectivity index (χ2n) is 5.60. The van der Waals surface area contributed by atoms with Crippen LogP contribution < -0.4 is 11.4 Å². The van der Waals surface area contributed by atoms with Gasteiger partial charge in [-0.25, -0.2) is 4.79 Å². The van der Waals surface area contributed by atoms with Crippen LogP contribution in [-0.4, -0.2) is 67.9 Å². The Bertz CT molecular complexity index is 759. The van der Waals surface area contributed by atoms with Crippen LogP contribution in [0.25, 0.3) is 11.0 Å². The van der Waals surface area contributed by atoms with E-state index < -0.39 is 36.8 Å². The van der Waals surface area contributed by atoms with Crippen LogP contribution in [0.15, 0.2) is 17.1 Å². The lowest BCUT2D eigenvalue weighted by atomic mass is 10.1. The second-order valence-corrected chi connectivity index (χ2v) is 5.60. The Labute approximate surface area is 136 Å². The number of aromatic amines is 1. The van der Waals surface area contributed by atoms with Crippen molar-refractivity contribution in [2.75, 3.05) is 19.8 Å². The first-order valence-corrected chi connectivity index (χ1v) is 7.56. The third-order valence-electron chi connectivity index (χ3n) is 3.90. The highest BCUT2D eigenvalue weighted by atomic mass is 16.6. The van der Waals surface area contributed by atoms with E-state index in [1.165, 1.54) is 6.20 Å². The number of nitrogens with one attached hydrogen (secondary N) is 1. The topological polar surface area (TPSA) is 156 Å². The number of ether oxygens (including phenoxy) is 2. The van der Waals surface area contributed by atoms with Crippen molar-refractivity contribution in [3.63, 3.8) is 0 Å². The summed E-state index contributed by atoms with van der Waals surface area (Å²) in [7, 11) is 0. The summed E-state index contributed by atoms with van der Waals surface area (Å²) in [6, 6.07) is 1.76. The monoisotopic (exact) mass is 340 g/mol. The molecule has 24 heavy (non-hydrogen) atoms. The Hall–Kier alpha value is -1.82. The lowest BCUT2D eigenvalue weighted by Gasteiger charge is -2.16. The fourth-order valence-electron chi connectivity index (χ4n) is 2.70. The fraction of sp³-hybridized carbons (Fsp3) is 0.571. The molecular weight excluding hydrogens is 320 g/mol. The third-order valence-corrected chi connectivity index (χ3v) is 3.90. The predicted octanol–water partition coefficient (Wildman–Crippen LogP) is -2.19. The molecule has 0 radical (unpaired) electrons. The average Bonchev–Trinajstić information content (AvgIpc) is 3.08. The van der Waals surface area contributed by atoms with E-state index in [0.29, 0.717) is 30.8 Å². The Morgan fingerprint density at radius 1 is 1.42 bits per heavy atom. The second kappa shape index (κ2) is 6.97. The molecule has 6 N–H and O–H groups in total. The van der Waals surface area contributed by atoms with E-state index in [0.717, 1.165) is 10.3 Å². The van der Waals surface area contributed by atoms with Gasteiger partial charge in [0, 0.05) is 23.8 Å². The number of nitrogens with two attached hydrogens (primary N) is 1. The standard InChI is InChI=1S/C14H20N4O6/c15-1-2-23-6-8-3-7-4-18(14(22)17-12(7)16-8)13-11(21)10(20)9(5-19)24-13/h3-4,9-11,13,19-21H,1-2,5-6,15H2,(H,16,17,22)/t9-,10-,11-,13+/m1/s1. The van der Waals surface area contributed by atoms with Crippen LogP contribution in [0.4, 0.5) is 0 Å². The molecule has 0 spiro atoms. The quantitative estimate of drug-likeness (QED) is 0.371. The van der Waals surface area contributed by atoms with Crippen molar-refractivity contribution < 1.29 is 24.8 Å². The van der Waals surface area contributed by atoms with Gasteiger partial charge in [-0.2, -0.15) is 4.98 Å². The molecule has 10 heteroatoms. The smallest absolute Gasteiger partial charge is 0.351 e. The SMILES string of the molecule is NCCOCc1cc2cn([C@H]3O[C@H](CO)[C@@H](O)[C@H]3O)c(=O)nc2[nH]1. The van der Waals surface area contributed by atoms with E-state index in [9.17, 15) is 15.0 Å². The molecule has 1 aliphatic rings. The van der Waals surface area contributed by atoms with Crippen molar-refractivity contribution in [3.05, 3.63) is 28.4 Å². The summed E-state index contributed by atoms with van der Waals surface area (Å²) in [6.07, 6.45) is -3.22. The minimum absolute atomic E-state index is 0.301. The zero-order valence-electron chi connectivity index (χ0n) is 12.8. The third kappa shape index (κ3) is 3.07. The van der Waals surface area contributed by atoms with Crippen LogP contribution in [-0.2, 0) is 16.1 Å². The van der Waals surface area contributed by atoms with Gasteiger partial charge in [-0.1, -0.05) is 0 Å². The number of hydrogen-bond donors (Lipinski definition) is 5. The fourth-order valence-corrected chi connectivity index (χ4v) is 2.70. The van der Waals surface area contributed by atoms with Gasteiger partial charge in [-0.15, -0.1) is 0 Å². The van der Waals surface area contributed by atoms with Gasteiger partial charge < -0.3 is 35.5 Å². The summed E-state index contributed by atoms with van der Waals surface area (Å²) in [5.74, 6) is 0. The molecule has 2 aromatic heterocycles. The molecule has 0 aromatic carbocycles. The van der Waals surface area contributed by atoms with Crippen LogP contribution in [0.2, 0.25) is 0 Å². The summed E-state index contributed by atoms with van der Waals surface area (Å²) in [6.45, 7) is 0.661. The number of H-pyrrole nitrogens is 1. The van der Waals surface area contributed by atoms with Crippen molar-refractivity contribution in [3.8, 4) is 0 Å². The Morgan fingerprint density at radius 3 is 2.88 bits per heavy atom. The first kappa shape index (κ1) is 17.0. The maximum atomic E-state index is 12.2. The summed E-state index contributed by atoms with van der Waals surface area (Å²) in [5.41, 5.74) is 5.82. The van der Waals surface area contributed by atoms with E-state index in [1.54, 1.807) is 6.07 Å². The van der Waals surface area contributed by atoms with E-state index >= 15 is 0 Å². The zero-order chi connectivity index (χ0) is 17.3. The lowest BCUT2D eigenvalue weighted by Crippen LogP contribution is -2.35. The summed E-state index contributed by atoms with van der Waals surface area (Å²) in [4.78, 5) is 19.1. The van der Waals surface area contributed by atoms with Gasteiger partial charge in [-0.3, -0.25) is 4.57 Å². The highest BCUT2D eigenvalue weighted by Crippen LogP contribution is 2.28. The number of aromatic nitrogens is 3. The maximum Gasteiger partial charge on any atom is 0.351 e. The van der Waals surface area contributed by atoms with Gasteiger partial charge in [0.1, 0.15) is 24.0 Å². The van der Waals surface area contributed by atoms with Crippen molar-refractivity contribution in [1.82, 2.24) is 14.5 Å². The molecule has 0 saturated carbocycles. The van der Waals surface area contributed by atoms with Crippen LogP contribution in [0.1, 0.15) is 11.9 Å². The van der Waals surface area contributed by atoms with Crippen LogP contribution in [0.3, 0.4) is 0 Å². The Balaban J connectivity index is 1.89. The Morgan fingerprint density at radius 2 is 2.21 bits per heavy atom. The first-order chi connectivity index (χ1) is 11.5. The molecule has 1 aliphatic heterocycles. The minimum atomic E-state index is -1.34. The maximum absolute atomic E-state index is 12.2. The van der Waals surface area contributed by atoms with Gasteiger partial charge in [0.05, 0.1) is 19.8 Å². The normalized spacial score (nSPS) is 27.2. The molecule has 4 atom stereocenters. The number of aliphatic hydroxyl groups is 3. The summed E-state index contributed by atoms with van der Waals surface area (Å²) >= 11 is 0. The van der Waals surface area contributed by atoms with Gasteiger partial charge in [0.25, 0.3) is 0 Å². The molecule has 10 nitrogen and oxygen atoms in total. The molecule has 1 saturated heterocycles. The predicted molar refractivity (Wildman–Crippen MR) is 82.1 cm³/mol. The first-order valence-electron chi connectivity index (χ1n) is 7.56. The van der Waals surface area contributed by atoms with Gasteiger partial charge in [-0.05, 0) is 6.07 Å². The van der Waals surface area contributed by atoms with E-state index in [1.807, 2.05) is 0 Å². The van der Waals surface area contributed by atoms with Gasteiger partial charge in [0.15, 0.2) is 6.23 Å². The molecule has 2 aromatic rings. The molecule has 0 amide bonds. The average molecular weight is 340 g/mol. The number of hydrogen-bond acceptors (Lipinski definition) is 8. The largest absolute Gasteiger partial charge is 0.394 e. The van der Waals surface area contributed by atoms with Crippen molar-refractivity contribution in [1.29, 1.82) is 0 Å². The Kier molecular flexibility index (Phi) is 4.94. The van der Waals surface area contributed by atoms with Gasteiger partial charge in [0.2, 0.25) is 0 Å². The zero-order valence-corrected chi connectivity index (χ0v) is 12.8. The molecular formula is C14H20N4O6. The molecule has 3 heterocycles. The van der Waals surface area contributed by atoms with E-state index in [4.69, 9.17) is 20.3 Å². The van der Waals surface area contributed by atoms with E-state index in [-0.39, 0.29) is 0 Å². The van der Waals surface area contributed by atoms with Crippen molar-refractivity contribution >= 4 is 11.0 Å². The van der Waals surface area contributed by atoms with Crippen LogP contribution >= 0.6 is 0 Å². The summed E-state index contributed by atoms with van der Waals surface area (Å²) in [5, 5.41) is 29.6. The lowest BCUT2D eigenvalue weighted by molar-refractivity contribution is -0.0547. The number of nitrogens with zero attached hydrogens (tertiary/aromatic N) is 2. The highest BCUT2D eigenvalue weighted by Gasteiger charge is 2.43. The van der Waals surface area contributed by atoms with Crippen molar-refractivity contribution in [2.45, 2.75) is 31.1 Å². The number of aliphatic hydroxyl groups excluding tert-OH is 3. The number of fused-ring (bicyclic) bond motifs is 1. The molecule has 0 bridgehead atoms.